The lowest BCUT2D eigenvalue weighted by atomic mass is 9.87. The van der Waals surface area contributed by atoms with Crippen molar-refractivity contribution in [1.82, 2.24) is 0 Å². The van der Waals surface area contributed by atoms with E-state index in [1.807, 2.05) is 13.8 Å². The number of ether oxygens (including phenoxy) is 2. The van der Waals surface area contributed by atoms with E-state index in [0.29, 0.717) is 16.5 Å². The smallest absolute Gasteiger partial charge is 0.179 e. The van der Waals surface area contributed by atoms with Crippen molar-refractivity contribution in [1.29, 1.82) is 0 Å². The van der Waals surface area contributed by atoms with Crippen LogP contribution in [0, 0.1) is 0 Å². The maximum atomic E-state index is 10.3. The van der Waals surface area contributed by atoms with Gasteiger partial charge in [0.1, 0.15) is 0 Å². The summed E-state index contributed by atoms with van der Waals surface area (Å²) in [5, 5.41) is 10.8. The highest BCUT2D eigenvalue weighted by molar-refractivity contribution is 6.33. The average molecular weight is 273 g/mol. The monoisotopic (exact) mass is 272 g/mol. The molecule has 102 valence electrons. The molecule has 3 nitrogen and oxygen atoms in total. The second-order valence-corrected chi connectivity index (χ2v) is 5.48. The lowest BCUT2D eigenvalue weighted by molar-refractivity contribution is 0.0770. The summed E-state index contributed by atoms with van der Waals surface area (Å²) in [6.45, 7) is 7.53. The summed E-state index contributed by atoms with van der Waals surface area (Å²) in [4.78, 5) is 0. The Morgan fingerprint density at radius 1 is 1.22 bits per heavy atom. The van der Waals surface area contributed by atoms with Gasteiger partial charge in [0.25, 0.3) is 0 Å². The van der Waals surface area contributed by atoms with E-state index in [9.17, 15) is 5.11 Å². The highest BCUT2D eigenvalue weighted by Crippen LogP contribution is 2.45. The number of rotatable bonds is 4. The van der Waals surface area contributed by atoms with Crippen LogP contribution in [-0.2, 0) is 5.60 Å². The lowest BCUT2D eigenvalue weighted by Gasteiger charge is -2.26. The molecule has 0 aliphatic rings. The second-order valence-electron chi connectivity index (χ2n) is 5.10. The molecule has 0 bridgehead atoms. The van der Waals surface area contributed by atoms with E-state index in [1.54, 1.807) is 34.1 Å². The third kappa shape index (κ3) is 2.73. The molecule has 0 spiro atoms. The van der Waals surface area contributed by atoms with Crippen molar-refractivity contribution in [2.45, 2.75) is 39.2 Å². The van der Waals surface area contributed by atoms with Crippen molar-refractivity contribution >= 4 is 11.6 Å². The Hall–Kier alpha value is -0.930. The molecular formula is C14H21ClO3. The maximum absolute atomic E-state index is 10.3. The van der Waals surface area contributed by atoms with Gasteiger partial charge in [0, 0.05) is 0 Å². The van der Waals surface area contributed by atoms with Crippen molar-refractivity contribution < 1.29 is 14.6 Å². The molecule has 0 aliphatic heterocycles. The number of hydrogen-bond donors (Lipinski definition) is 1. The molecule has 1 aromatic rings. The fourth-order valence-corrected chi connectivity index (χ4v) is 2.53. The zero-order valence-corrected chi connectivity index (χ0v) is 12.6. The fourth-order valence-electron chi connectivity index (χ4n) is 2.04. The van der Waals surface area contributed by atoms with Gasteiger partial charge in [0.2, 0.25) is 0 Å². The van der Waals surface area contributed by atoms with Gasteiger partial charge in [-0.15, -0.1) is 0 Å². The van der Waals surface area contributed by atoms with Crippen LogP contribution in [0.4, 0.5) is 0 Å². The number of benzene rings is 1. The number of hydrogen-bond acceptors (Lipinski definition) is 3. The first-order valence-electron chi connectivity index (χ1n) is 5.91. The number of methoxy groups -OCH3 is 2. The molecule has 0 aromatic heterocycles. The van der Waals surface area contributed by atoms with Gasteiger partial charge in [-0.25, -0.2) is 0 Å². The summed E-state index contributed by atoms with van der Waals surface area (Å²) in [6, 6.07) is 1.79. The molecule has 1 aromatic carbocycles. The van der Waals surface area contributed by atoms with E-state index in [4.69, 9.17) is 21.1 Å². The summed E-state index contributed by atoms with van der Waals surface area (Å²) < 4.78 is 10.6. The Kier molecular flexibility index (Phi) is 4.51. The van der Waals surface area contributed by atoms with Crippen LogP contribution < -0.4 is 9.47 Å². The summed E-state index contributed by atoms with van der Waals surface area (Å²) >= 11 is 6.38. The first kappa shape index (κ1) is 15.1. The van der Waals surface area contributed by atoms with Gasteiger partial charge < -0.3 is 14.6 Å². The molecule has 0 atom stereocenters. The van der Waals surface area contributed by atoms with Crippen molar-refractivity contribution in [2.24, 2.45) is 0 Å². The van der Waals surface area contributed by atoms with Crippen LogP contribution in [0.15, 0.2) is 6.07 Å². The maximum Gasteiger partial charge on any atom is 0.179 e. The van der Waals surface area contributed by atoms with Gasteiger partial charge in [-0.1, -0.05) is 25.4 Å². The molecule has 1 rings (SSSR count). The molecule has 1 N–H and O–H groups in total. The first-order chi connectivity index (χ1) is 8.23. The number of halogens is 1. The lowest BCUT2D eigenvalue weighted by Crippen LogP contribution is -2.19. The Bertz CT molecular complexity index is 434. The van der Waals surface area contributed by atoms with Gasteiger partial charge in [-0.3, -0.25) is 0 Å². The van der Waals surface area contributed by atoms with Gasteiger partial charge in [0.15, 0.2) is 11.5 Å². The van der Waals surface area contributed by atoms with E-state index >= 15 is 0 Å². The van der Waals surface area contributed by atoms with E-state index in [0.717, 1.165) is 11.1 Å². The Morgan fingerprint density at radius 2 is 1.78 bits per heavy atom. The molecule has 0 unspecified atom stereocenters. The largest absolute Gasteiger partial charge is 0.493 e. The van der Waals surface area contributed by atoms with Crippen molar-refractivity contribution in [3.8, 4) is 11.5 Å². The van der Waals surface area contributed by atoms with Crippen LogP contribution in [0.1, 0.15) is 44.7 Å². The quantitative estimate of drug-likeness (QED) is 0.908. The molecular weight excluding hydrogens is 252 g/mol. The third-order valence-electron chi connectivity index (χ3n) is 2.89. The van der Waals surface area contributed by atoms with E-state index in [1.165, 1.54) is 0 Å². The van der Waals surface area contributed by atoms with Crippen molar-refractivity contribution in [3.05, 3.63) is 22.2 Å². The topological polar surface area (TPSA) is 38.7 Å². The molecule has 0 saturated heterocycles. The Morgan fingerprint density at radius 3 is 2.11 bits per heavy atom. The van der Waals surface area contributed by atoms with Gasteiger partial charge in [-0.05, 0) is 37.0 Å². The van der Waals surface area contributed by atoms with Gasteiger partial charge in [0.05, 0.1) is 24.8 Å². The third-order valence-corrected chi connectivity index (χ3v) is 3.26. The minimum absolute atomic E-state index is 0.179. The second kappa shape index (κ2) is 5.37. The van der Waals surface area contributed by atoms with Crippen LogP contribution >= 0.6 is 11.6 Å². The SMILES string of the molecule is COc1cc(C(C)(C)O)c(C(C)C)c(Cl)c1OC. The van der Waals surface area contributed by atoms with Crippen LogP contribution in [-0.4, -0.2) is 19.3 Å². The zero-order chi connectivity index (χ0) is 14.1. The molecule has 0 saturated carbocycles. The standard InChI is InChI=1S/C14H21ClO3/c1-8(2)11-9(14(3,4)16)7-10(17-5)13(18-6)12(11)15/h7-8,16H,1-6H3. The van der Waals surface area contributed by atoms with Gasteiger partial charge in [-0.2, -0.15) is 0 Å². The molecule has 0 heterocycles. The van der Waals surface area contributed by atoms with E-state index in [2.05, 4.69) is 0 Å². The average Bonchev–Trinajstić information content (AvgIpc) is 2.25. The molecule has 0 fully saturated rings. The normalized spacial score (nSPS) is 11.8. The first-order valence-corrected chi connectivity index (χ1v) is 6.29. The highest BCUT2D eigenvalue weighted by Gasteiger charge is 2.27. The van der Waals surface area contributed by atoms with Crippen LogP contribution in [0.25, 0.3) is 0 Å². The molecule has 0 amide bonds. The predicted molar refractivity (Wildman–Crippen MR) is 73.9 cm³/mol. The Labute approximate surface area is 114 Å². The minimum Gasteiger partial charge on any atom is -0.493 e. The van der Waals surface area contributed by atoms with E-state index in [-0.39, 0.29) is 5.92 Å². The summed E-state index contributed by atoms with van der Waals surface area (Å²) in [6.07, 6.45) is 0. The van der Waals surface area contributed by atoms with Crippen molar-refractivity contribution in [2.75, 3.05) is 14.2 Å². The van der Waals surface area contributed by atoms with Crippen LogP contribution in [0.2, 0.25) is 5.02 Å². The fraction of sp³-hybridized carbons (Fsp3) is 0.571. The molecule has 4 heteroatoms. The molecule has 0 aliphatic carbocycles. The summed E-state index contributed by atoms with van der Waals surface area (Å²) in [7, 11) is 3.11. The Balaban J connectivity index is 3.66. The summed E-state index contributed by atoms with van der Waals surface area (Å²) in [5.74, 6) is 1.22. The molecule has 18 heavy (non-hydrogen) atoms. The zero-order valence-electron chi connectivity index (χ0n) is 11.8. The number of aliphatic hydroxyl groups is 1. The van der Waals surface area contributed by atoms with Crippen molar-refractivity contribution in [3.63, 3.8) is 0 Å². The predicted octanol–water partition coefficient (Wildman–Crippen LogP) is 3.71. The van der Waals surface area contributed by atoms with Crippen LogP contribution in [0.5, 0.6) is 11.5 Å². The van der Waals surface area contributed by atoms with Crippen LogP contribution in [0.3, 0.4) is 0 Å². The molecule has 0 radical (unpaired) electrons. The minimum atomic E-state index is -0.983. The highest BCUT2D eigenvalue weighted by atomic mass is 35.5. The summed E-state index contributed by atoms with van der Waals surface area (Å²) in [5.41, 5.74) is 0.671. The van der Waals surface area contributed by atoms with Gasteiger partial charge >= 0.3 is 0 Å². The van der Waals surface area contributed by atoms with E-state index < -0.39 is 5.60 Å².